The minimum Gasteiger partial charge on any atom is -0.356 e. The summed E-state index contributed by atoms with van der Waals surface area (Å²) in [6.07, 6.45) is 11.8. The maximum absolute atomic E-state index is 13.4. The van der Waals surface area contributed by atoms with Crippen LogP contribution in [0.25, 0.3) is 5.57 Å². The number of Topliss-reactive ketones (excluding diaryl/α,β-unsaturated/α-hetero) is 1. The Kier molecular flexibility index (Phi) is 6.57. The number of ketones is 1. The lowest BCUT2D eigenvalue weighted by atomic mass is 9.90. The molecule has 34 heavy (non-hydrogen) atoms. The highest BCUT2D eigenvalue weighted by atomic mass is 16.2. The summed E-state index contributed by atoms with van der Waals surface area (Å²) in [6, 6.07) is 10.3. The lowest BCUT2D eigenvalue weighted by Crippen LogP contribution is -2.42. The molecule has 1 aromatic heterocycles. The van der Waals surface area contributed by atoms with Gasteiger partial charge in [0.1, 0.15) is 17.9 Å². The third-order valence-electron chi connectivity index (χ3n) is 7.41. The molecular formula is C28H32N4O2. The number of allylic oxidation sites excluding steroid dienone is 3. The molecule has 1 fully saturated rings. The van der Waals surface area contributed by atoms with Crippen LogP contribution in [-0.4, -0.2) is 46.2 Å². The van der Waals surface area contributed by atoms with Crippen LogP contribution in [0.15, 0.2) is 54.9 Å². The zero-order valence-electron chi connectivity index (χ0n) is 19.8. The third kappa shape index (κ3) is 4.54. The summed E-state index contributed by atoms with van der Waals surface area (Å²) in [5.74, 6) is 1.52. The van der Waals surface area contributed by atoms with Crippen molar-refractivity contribution in [2.45, 2.75) is 45.6 Å². The van der Waals surface area contributed by atoms with Gasteiger partial charge < -0.3 is 9.80 Å². The topological polar surface area (TPSA) is 66.4 Å². The van der Waals surface area contributed by atoms with Crippen LogP contribution in [0.5, 0.6) is 0 Å². The van der Waals surface area contributed by atoms with Crippen LogP contribution < -0.4 is 4.90 Å². The van der Waals surface area contributed by atoms with Crippen molar-refractivity contribution in [3.05, 3.63) is 71.7 Å². The molecule has 1 saturated heterocycles. The highest BCUT2D eigenvalue weighted by molar-refractivity contribution is 5.85. The number of aromatic nitrogens is 2. The van der Waals surface area contributed by atoms with E-state index in [1.807, 2.05) is 30.0 Å². The molecule has 0 bridgehead atoms. The first-order valence-electron chi connectivity index (χ1n) is 12.5. The number of rotatable bonds is 5. The molecule has 1 aliphatic carbocycles. The molecular weight excluding hydrogens is 424 g/mol. The Morgan fingerprint density at radius 2 is 1.85 bits per heavy atom. The minimum absolute atomic E-state index is 0.127. The molecule has 1 amide bonds. The summed E-state index contributed by atoms with van der Waals surface area (Å²) < 4.78 is 0. The number of anilines is 1. The smallest absolute Gasteiger partial charge is 0.230 e. The maximum Gasteiger partial charge on any atom is 0.230 e. The molecule has 176 valence electrons. The fourth-order valence-electron chi connectivity index (χ4n) is 5.37. The molecule has 1 unspecified atom stereocenters. The van der Waals surface area contributed by atoms with E-state index in [1.165, 1.54) is 11.1 Å². The number of hydrogen-bond donors (Lipinski definition) is 0. The number of carbonyl (C=O) groups excluding carboxylic acids is 2. The molecule has 0 N–H and O–H groups in total. The number of nitrogens with zero attached hydrogens (tertiary/aromatic N) is 4. The lowest BCUT2D eigenvalue weighted by molar-refractivity contribution is -0.134. The van der Waals surface area contributed by atoms with Crippen LogP contribution in [0.1, 0.15) is 49.4 Å². The zero-order chi connectivity index (χ0) is 23.5. The average Bonchev–Trinajstić information content (AvgIpc) is 2.92. The van der Waals surface area contributed by atoms with Crippen LogP contribution in [0.2, 0.25) is 0 Å². The molecule has 0 spiro atoms. The van der Waals surface area contributed by atoms with Gasteiger partial charge in [0.15, 0.2) is 0 Å². The van der Waals surface area contributed by atoms with E-state index >= 15 is 0 Å². The molecule has 3 aliphatic rings. The summed E-state index contributed by atoms with van der Waals surface area (Å²) in [5, 5.41) is 0. The Morgan fingerprint density at radius 3 is 2.56 bits per heavy atom. The second-order valence-electron chi connectivity index (χ2n) is 9.44. The molecule has 3 heterocycles. The molecule has 1 atom stereocenters. The van der Waals surface area contributed by atoms with E-state index in [4.69, 9.17) is 0 Å². The Labute approximate surface area is 201 Å². The van der Waals surface area contributed by atoms with E-state index in [2.05, 4.69) is 45.2 Å². The van der Waals surface area contributed by atoms with Gasteiger partial charge in [0.25, 0.3) is 0 Å². The fraction of sp³-hybridized carbons (Fsp3) is 0.429. The highest BCUT2D eigenvalue weighted by Gasteiger charge is 2.31. The second-order valence-corrected chi connectivity index (χ2v) is 9.44. The molecule has 6 heteroatoms. The van der Waals surface area contributed by atoms with Crippen molar-refractivity contribution < 1.29 is 9.59 Å². The van der Waals surface area contributed by atoms with Gasteiger partial charge in [-0.15, -0.1) is 0 Å². The first-order chi connectivity index (χ1) is 16.6. The van der Waals surface area contributed by atoms with Crippen molar-refractivity contribution in [3.8, 4) is 0 Å². The molecule has 1 aromatic carbocycles. The number of hydrogen-bond acceptors (Lipinski definition) is 5. The van der Waals surface area contributed by atoms with Gasteiger partial charge in [-0.05, 0) is 30.4 Å². The normalized spacial score (nSPS) is 20.6. The van der Waals surface area contributed by atoms with E-state index in [9.17, 15) is 9.59 Å². The largest absolute Gasteiger partial charge is 0.356 e. The van der Waals surface area contributed by atoms with Crippen LogP contribution >= 0.6 is 0 Å². The second kappa shape index (κ2) is 9.92. The molecule has 2 aliphatic heterocycles. The van der Waals surface area contributed by atoms with Gasteiger partial charge >= 0.3 is 0 Å². The molecule has 6 nitrogen and oxygen atoms in total. The van der Waals surface area contributed by atoms with Crippen molar-refractivity contribution in [3.63, 3.8) is 0 Å². The van der Waals surface area contributed by atoms with Crippen molar-refractivity contribution in [2.75, 3.05) is 24.5 Å². The quantitative estimate of drug-likeness (QED) is 0.674. The monoisotopic (exact) mass is 456 g/mol. The van der Waals surface area contributed by atoms with Gasteiger partial charge in [-0.25, -0.2) is 9.97 Å². The Balaban J connectivity index is 1.26. The predicted molar refractivity (Wildman–Crippen MR) is 133 cm³/mol. The molecule has 0 saturated carbocycles. The van der Waals surface area contributed by atoms with Gasteiger partial charge in [0.2, 0.25) is 5.91 Å². The van der Waals surface area contributed by atoms with Crippen LogP contribution in [-0.2, 0) is 22.6 Å². The zero-order valence-corrected chi connectivity index (χ0v) is 19.8. The highest BCUT2D eigenvalue weighted by Crippen LogP contribution is 2.31. The number of amides is 1. The summed E-state index contributed by atoms with van der Waals surface area (Å²) in [4.78, 5) is 38.9. The molecule has 0 radical (unpaired) electrons. The first kappa shape index (κ1) is 22.5. The molecule has 5 rings (SSSR count). The Morgan fingerprint density at radius 1 is 1.06 bits per heavy atom. The van der Waals surface area contributed by atoms with E-state index in [0.29, 0.717) is 25.3 Å². The summed E-state index contributed by atoms with van der Waals surface area (Å²) in [6.45, 7) is 4.84. The van der Waals surface area contributed by atoms with Crippen LogP contribution in [0, 0.1) is 11.8 Å². The van der Waals surface area contributed by atoms with Gasteiger partial charge in [-0.2, -0.15) is 0 Å². The Bertz CT molecular complexity index is 1120. The van der Waals surface area contributed by atoms with Crippen molar-refractivity contribution in [1.82, 2.24) is 14.9 Å². The van der Waals surface area contributed by atoms with Crippen molar-refractivity contribution in [2.24, 2.45) is 11.8 Å². The van der Waals surface area contributed by atoms with Gasteiger partial charge in [-0.1, -0.05) is 55.5 Å². The van der Waals surface area contributed by atoms with E-state index in [1.54, 1.807) is 6.33 Å². The Hall–Kier alpha value is -3.28. The lowest BCUT2D eigenvalue weighted by Gasteiger charge is -2.36. The third-order valence-corrected chi connectivity index (χ3v) is 7.41. The van der Waals surface area contributed by atoms with Crippen molar-refractivity contribution >= 4 is 23.1 Å². The van der Waals surface area contributed by atoms with E-state index in [-0.39, 0.29) is 17.7 Å². The van der Waals surface area contributed by atoms with E-state index < -0.39 is 0 Å². The number of piperidine rings is 1. The molecule has 2 aromatic rings. The fourth-order valence-corrected chi connectivity index (χ4v) is 5.37. The van der Waals surface area contributed by atoms with Crippen LogP contribution in [0.3, 0.4) is 0 Å². The van der Waals surface area contributed by atoms with Crippen LogP contribution in [0.4, 0.5) is 5.82 Å². The minimum atomic E-state index is -0.127. The van der Waals surface area contributed by atoms with Gasteiger partial charge in [0.05, 0.1) is 18.2 Å². The number of fused-ring (bicyclic) bond motifs is 1. The average molecular weight is 457 g/mol. The maximum atomic E-state index is 13.4. The number of carbonyl (C=O) groups is 2. The summed E-state index contributed by atoms with van der Waals surface area (Å²) in [5.41, 5.74) is 4.48. The summed E-state index contributed by atoms with van der Waals surface area (Å²) >= 11 is 0. The first-order valence-corrected chi connectivity index (χ1v) is 12.5. The predicted octanol–water partition coefficient (Wildman–Crippen LogP) is 4.22. The SMILES string of the molecule is CCC(=O)C1CCN(c2ncnc3c2CN(C(=O)C2C=CC(c4ccccc4)=CC2)CC3)CC1. The standard InChI is InChI=1S/C28H32N4O2/c1-2-26(33)22-12-15-31(16-13-22)27-24-18-32(17-14-25(24)29-19-30-27)28(34)23-10-8-21(9-11-23)20-6-4-3-5-7-20/h3-10,19,22-23H,2,11-18H2,1H3. The van der Waals surface area contributed by atoms with Crippen molar-refractivity contribution in [1.29, 1.82) is 0 Å². The van der Waals surface area contributed by atoms with E-state index in [0.717, 1.165) is 55.8 Å². The van der Waals surface area contributed by atoms with Gasteiger partial charge in [0, 0.05) is 44.0 Å². The number of benzene rings is 1. The summed E-state index contributed by atoms with van der Waals surface area (Å²) in [7, 11) is 0. The van der Waals surface area contributed by atoms with Gasteiger partial charge in [-0.3, -0.25) is 9.59 Å².